The fraction of sp³-hybridized carbons (Fsp3) is 0.600. The molecule has 32 heavy (non-hydrogen) atoms. The van der Waals surface area contributed by atoms with Crippen LogP contribution in [0, 0.1) is 17.8 Å². The predicted octanol–water partition coefficient (Wildman–Crippen LogP) is 4.58. The van der Waals surface area contributed by atoms with E-state index in [1.165, 1.54) is 42.6 Å². The van der Waals surface area contributed by atoms with Gasteiger partial charge in [-0.05, 0) is 62.3 Å². The lowest BCUT2D eigenvalue weighted by molar-refractivity contribution is -0.132. The maximum Gasteiger partial charge on any atom is 0.308 e. The number of rotatable bonds is 4. The number of fused-ring (bicyclic) bond motifs is 6. The second-order valence-corrected chi connectivity index (χ2v) is 11.9. The molecule has 170 valence electrons. The molecular weight excluding hydrogens is 440 g/mol. The van der Waals surface area contributed by atoms with E-state index >= 15 is 0 Å². The Morgan fingerprint density at radius 2 is 1.91 bits per heavy atom. The van der Waals surface area contributed by atoms with Crippen molar-refractivity contribution < 1.29 is 9.53 Å². The largest absolute Gasteiger partial charge is 0.496 e. The van der Waals surface area contributed by atoms with Crippen LogP contribution in [0.4, 0.5) is 0 Å². The second kappa shape index (κ2) is 8.24. The monoisotopic (exact) mass is 470 g/mol. The molecule has 1 amide bonds. The van der Waals surface area contributed by atoms with Gasteiger partial charge in [0.25, 0.3) is 0 Å². The molecule has 2 aliphatic carbocycles. The number of carbonyl (C=O) groups is 1. The highest BCUT2D eigenvalue weighted by atomic mass is 32.2. The zero-order chi connectivity index (χ0) is 21.8. The molecule has 0 N–H and O–H groups in total. The van der Waals surface area contributed by atoms with Gasteiger partial charge in [0.1, 0.15) is 12.3 Å². The number of likely N-dealkylation sites (tertiary alicyclic amines) is 1. The van der Waals surface area contributed by atoms with Gasteiger partial charge in [-0.3, -0.25) is 14.2 Å². The third kappa shape index (κ3) is 3.26. The number of ether oxygens (including phenoxy) is 1. The molecule has 0 radical (unpaired) electrons. The quantitative estimate of drug-likeness (QED) is 0.656. The summed E-state index contributed by atoms with van der Waals surface area (Å²) in [6, 6.07) is 8.32. The Kier molecular flexibility index (Phi) is 5.37. The molecule has 5 nitrogen and oxygen atoms in total. The van der Waals surface area contributed by atoms with Crippen LogP contribution in [-0.4, -0.2) is 40.8 Å². The lowest BCUT2D eigenvalue weighted by Gasteiger charge is -2.41. The Morgan fingerprint density at radius 3 is 2.72 bits per heavy atom. The molecule has 2 aromatic rings. The average molecular weight is 471 g/mol. The second-order valence-electron chi connectivity index (χ2n) is 9.78. The molecule has 3 heterocycles. The van der Waals surface area contributed by atoms with E-state index in [0.29, 0.717) is 11.2 Å². The van der Waals surface area contributed by atoms with Gasteiger partial charge in [0.05, 0.1) is 12.1 Å². The molecule has 5 unspecified atom stereocenters. The zero-order valence-corrected chi connectivity index (χ0v) is 20.1. The summed E-state index contributed by atoms with van der Waals surface area (Å²) < 4.78 is 7.57. The van der Waals surface area contributed by atoms with Crippen molar-refractivity contribution in [2.45, 2.75) is 61.3 Å². The van der Waals surface area contributed by atoms with Crippen LogP contribution in [0.2, 0.25) is 0 Å². The van der Waals surface area contributed by atoms with Crippen LogP contribution in [0.3, 0.4) is 0 Å². The maximum atomic E-state index is 13.2. The number of hydrogen-bond donors (Lipinski definition) is 0. The minimum atomic E-state index is 0.0140. The standard InChI is InChI=1S/C25H30N2O3S2/c1-30-18-8-4-3-7-17(18)21-20-15-9-10-16(13-15)22(20)31-24-23(21)32-25(29)27(24)14-19(28)26-11-5-2-6-12-26/h3-4,7-8,15-16,20-22H,2,5-6,9-14H2,1H3. The Morgan fingerprint density at radius 1 is 1.12 bits per heavy atom. The van der Waals surface area contributed by atoms with Gasteiger partial charge in [-0.1, -0.05) is 29.5 Å². The SMILES string of the molecule is COc1ccccc1C1c2sc(=O)n(CC(=O)N3CCCCC3)c2SC2C3CCC(C3)C12. The molecule has 1 aromatic carbocycles. The highest BCUT2D eigenvalue weighted by molar-refractivity contribution is 8.00. The molecule has 2 aliphatic heterocycles. The number of methoxy groups -OCH3 is 1. The number of para-hydroxylation sites is 1. The van der Waals surface area contributed by atoms with Gasteiger partial charge in [0.2, 0.25) is 5.91 Å². The topological polar surface area (TPSA) is 51.5 Å². The lowest BCUT2D eigenvalue weighted by atomic mass is 9.74. The number of benzene rings is 1. The van der Waals surface area contributed by atoms with Gasteiger partial charge in [-0.2, -0.15) is 0 Å². The van der Waals surface area contributed by atoms with Gasteiger partial charge >= 0.3 is 4.87 Å². The Bertz CT molecular complexity index is 1090. The van der Waals surface area contributed by atoms with Crippen LogP contribution in [0.25, 0.3) is 0 Å². The van der Waals surface area contributed by atoms with Crippen LogP contribution in [0.1, 0.15) is 54.9 Å². The number of nitrogens with zero attached hydrogens (tertiary/aromatic N) is 2. The summed E-state index contributed by atoms with van der Waals surface area (Å²) in [5.74, 6) is 3.19. The molecule has 4 aliphatic rings. The number of thioether (sulfide) groups is 1. The Labute approximate surface area is 197 Å². The third-order valence-corrected chi connectivity index (χ3v) is 11.0. The molecule has 3 fully saturated rings. The fourth-order valence-electron chi connectivity index (χ4n) is 6.74. The number of amides is 1. The molecule has 6 rings (SSSR count). The van der Waals surface area contributed by atoms with Gasteiger partial charge in [0.15, 0.2) is 0 Å². The van der Waals surface area contributed by atoms with Crippen molar-refractivity contribution in [1.29, 1.82) is 0 Å². The highest BCUT2D eigenvalue weighted by Gasteiger charge is 2.55. The lowest BCUT2D eigenvalue weighted by Crippen LogP contribution is -2.39. The van der Waals surface area contributed by atoms with Gasteiger partial charge in [0, 0.05) is 34.7 Å². The predicted molar refractivity (Wildman–Crippen MR) is 128 cm³/mol. The van der Waals surface area contributed by atoms with Crippen molar-refractivity contribution in [3.63, 3.8) is 0 Å². The molecule has 7 heteroatoms. The molecule has 2 bridgehead atoms. The summed E-state index contributed by atoms with van der Waals surface area (Å²) in [6.07, 6.45) is 7.24. The summed E-state index contributed by atoms with van der Waals surface area (Å²) in [7, 11) is 1.74. The minimum absolute atomic E-state index is 0.0140. The number of piperidine rings is 1. The van der Waals surface area contributed by atoms with E-state index in [4.69, 9.17) is 4.74 Å². The molecule has 1 saturated heterocycles. The van der Waals surface area contributed by atoms with Gasteiger partial charge in [-0.15, -0.1) is 11.8 Å². The Balaban J connectivity index is 1.42. The van der Waals surface area contributed by atoms with Crippen LogP contribution in [0.15, 0.2) is 34.1 Å². The van der Waals surface area contributed by atoms with Crippen LogP contribution in [0.5, 0.6) is 5.75 Å². The molecule has 2 saturated carbocycles. The van der Waals surface area contributed by atoms with Crippen molar-refractivity contribution >= 4 is 29.0 Å². The smallest absolute Gasteiger partial charge is 0.308 e. The summed E-state index contributed by atoms with van der Waals surface area (Å²) in [5.41, 5.74) is 1.20. The van der Waals surface area contributed by atoms with Crippen molar-refractivity contribution in [3.05, 3.63) is 44.4 Å². The van der Waals surface area contributed by atoms with Gasteiger partial charge in [-0.25, -0.2) is 0 Å². The molecule has 5 atom stereocenters. The third-order valence-electron chi connectivity index (χ3n) is 8.17. The van der Waals surface area contributed by atoms with E-state index in [2.05, 4.69) is 12.1 Å². The first-order chi connectivity index (χ1) is 15.7. The van der Waals surface area contributed by atoms with Crippen LogP contribution < -0.4 is 9.61 Å². The number of carbonyl (C=O) groups excluding carboxylic acids is 1. The van der Waals surface area contributed by atoms with Crippen LogP contribution >= 0.6 is 23.1 Å². The van der Waals surface area contributed by atoms with Crippen molar-refractivity contribution in [3.8, 4) is 5.75 Å². The van der Waals surface area contributed by atoms with Crippen molar-refractivity contribution in [2.75, 3.05) is 20.2 Å². The first-order valence-corrected chi connectivity index (χ1v) is 13.7. The maximum absolute atomic E-state index is 13.2. The fourth-order valence-corrected chi connectivity index (χ4v) is 9.88. The Hall–Kier alpha value is -1.73. The first-order valence-electron chi connectivity index (χ1n) is 12.0. The van der Waals surface area contributed by atoms with E-state index < -0.39 is 0 Å². The van der Waals surface area contributed by atoms with Crippen molar-refractivity contribution in [1.82, 2.24) is 9.47 Å². The van der Waals surface area contributed by atoms with E-state index in [1.54, 1.807) is 11.7 Å². The van der Waals surface area contributed by atoms with E-state index in [0.717, 1.165) is 53.4 Å². The summed E-state index contributed by atoms with van der Waals surface area (Å²) >= 11 is 3.26. The van der Waals surface area contributed by atoms with Gasteiger partial charge < -0.3 is 9.64 Å². The normalized spacial score (nSPS) is 30.8. The van der Waals surface area contributed by atoms with E-state index in [-0.39, 0.29) is 23.2 Å². The number of thiazole rings is 1. The molecule has 1 aromatic heterocycles. The first kappa shape index (κ1) is 20.8. The minimum Gasteiger partial charge on any atom is -0.496 e. The number of hydrogen-bond acceptors (Lipinski definition) is 5. The molecular formula is C25H30N2O3S2. The summed E-state index contributed by atoms with van der Waals surface area (Å²) in [4.78, 5) is 29.4. The highest BCUT2D eigenvalue weighted by Crippen LogP contribution is 2.64. The zero-order valence-electron chi connectivity index (χ0n) is 18.5. The average Bonchev–Trinajstić information content (AvgIpc) is 3.52. The summed E-state index contributed by atoms with van der Waals surface area (Å²) in [5, 5.41) is 1.58. The van der Waals surface area contributed by atoms with E-state index in [1.807, 2.05) is 28.8 Å². The van der Waals surface area contributed by atoms with Crippen molar-refractivity contribution in [2.24, 2.45) is 17.8 Å². The van der Waals surface area contributed by atoms with Crippen LogP contribution in [-0.2, 0) is 11.3 Å². The molecule has 0 spiro atoms. The summed E-state index contributed by atoms with van der Waals surface area (Å²) in [6.45, 7) is 1.83. The number of aromatic nitrogens is 1. The van der Waals surface area contributed by atoms with E-state index in [9.17, 15) is 9.59 Å².